The second kappa shape index (κ2) is 5.66. The molecule has 0 aromatic carbocycles. The molecule has 0 bridgehead atoms. The largest absolute Gasteiger partial charge is 0.366 e. The summed E-state index contributed by atoms with van der Waals surface area (Å²) in [4.78, 5) is 13.7. The molecule has 0 spiro atoms. The van der Waals surface area contributed by atoms with E-state index in [2.05, 4.69) is 15.6 Å². The molecule has 17 heavy (non-hydrogen) atoms. The molecule has 1 aromatic rings. The van der Waals surface area contributed by atoms with E-state index in [0.29, 0.717) is 12.8 Å². The first kappa shape index (κ1) is 13.5. The normalized spacial score (nSPS) is 12.9. The van der Waals surface area contributed by atoms with E-state index < -0.39 is 15.5 Å². The van der Waals surface area contributed by atoms with Crippen molar-refractivity contribution in [1.82, 2.24) is 9.71 Å². The summed E-state index contributed by atoms with van der Waals surface area (Å²) in [7, 11) is -3.81. The fraction of sp³-hybridized carbons (Fsp3) is 0.364. The number of nitrogens with one attached hydrogen (secondary N) is 2. The Labute approximate surface area is 100 Å². The molecule has 0 saturated carbocycles. The van der Waals surface area contributed by atoms with Gasteiger partial charge in [0.1, 0.15) is 4.90 Å². The van der Waals surface area contributed by atoms with Crippen molar-refractivity contribution in [2.75, 3.05) is 0 Å². The Balaban J connectivity index is 3.02. The summed E-state index contributed by atoms with van der Waals surface area (Å²) in [5.74, 6) is 2.39. The molecule has 1 rings (SSSR count). The van der Waals surface area contributed by atoms with Gasteiger partial charge in [0.2, 0.25) is 15.5 Å². The third-order valence-corrected chi connectivity index (χ3v) is 3.80. The van der Waals surface area contributed by atoms with Crippen molar-refractivity contribution < 1.29 is 8.42 Å². The van der Waals surface area contributed by atoms with E-state index in [1.54, 1.807) is 0 Å². The highest BCUT2D eigenvalue weighted by Crippen LogP contribution is 2.05. The average molecular weight is 254 g/mol. The second-order valence-corrected chi connectivity index (χ2v) is 5.19. The number of aromatic nitrogens is 1. The van der Waals surface area contributed by atoms with Crippen LogP contribution in [0.25, 0.3) is 0 Å². The fourth-order valence-corrected chi connectivity index (χ4v) is 2.68. The molecule has 0 fully saturated rings. The van der Waals surface area contributed by atoms with E-state index in [4.69, 9.17) is 6.42 Å². The average Bonchev–Trinajstić information content (AvgIpc) is 2.28. The highest BCUT2D eigenvalue weighted by atomic mass is 32.2. The highest BCUT2D eigenvalue weighted by molar-refractivity contribution is 7.89. The highest BCUT2D eigenvalue weighted by Gasteiger charge is 2.20. The van der Waals surface area contributed by atoms with Gasteiger partial charge >= 0.3 is 0 Å². The molecular weight excluding hydrogens is 240 g/mol. The molecule has 0 aliphatic heterocycles. The molecule has 1 atom stereocenters. The van der Waals surface area contributed by atoms with Crippen molar-refractivity contribution in [2.24, 2.45) is 0 Å². The minimum absolute atomic E-state index is 0.292. The molecule has 5 nitrogen and oxygen atoms in total. The lowest BCUT2D eigenvalue weighted by atomic mass is 10.2. The van der Waals surface area contributed by atoms with Gasteiger partial charge in [0, 0.05) is 30.9 Å². The standard InChI is InChI=1S/C11H14N2O3S/c1-3-5-9(4-2)13-17(15,16)11-8-12-7-6-10(11)14/h1,6-9,13H,4-5H2,2H3,(H,12,14). The van der Waals surface area contributed by atoms with E-state index in [1.165, 1.54) is 6.20 Å². The molecule has 0 aliphatic carbocycles. The summed E-state index contributed by atoms with van der Waals surface area (Å²) in [6, 6.07) is 0.807. The molecule has 1 heterocycles. The minimum atomic E-state index is -3.81. The molecule has 1 unspecified atom stereocenters. The van der Waals surface area contributed by atoms with Crippen LogP contribution in [0.4, 0.5) is 0 Å². The van der Waals surface area contributed by atoms with Crippen LogP contribution in [0.3, 0.4) is 0 Å². The number of H-pyrrole nitrogens is 1. The maximum absolute atomic E-state index is 11.9. The van der Waals surface area contributed by atoms with Gasteiger partial charge < -0.3 is 4.98 Å². The summed E-state index contributed by atoms with van der Waals surface area (Å²) in [6.45, 7) is 1.82. The molecule has 6 heteroatoms. The van der Waals surface area contributed by atoms with Crippen LogP contribution in [-0.2, 0) is 10.0 Å². The number of sulfonamides is 1. The smallest absolute Gasteiger partial charge is 0.246 e. The molecule has 1 aromatic heterocycles. The number of hydrogen-bond acceptors (Lipinski definition) is 3. The van der Waals surface area contributed by atoms with Crippen molar-refractivity contribution in [1.29, 1.82) is 0 Å². The molecule has 0 amide bonds. The fourth-order valence-electron chi connectivity index (χ4n) is 1.31. The number of hydrogen-bond donors (Lipinski definition) is 2. The van der Waals surface area contributed by atoms with E-state index in [0.717, 1.165) is 12.3 Å². The van der Waals surface area contributed by atoms with Crippen LogP contribution in [0.5, 0.6) is 0 Å². The van der Waals surface area contributed by atoms with Crippen molar-refractivity contribution in [3.8, 4) is 12.3 Å². The lowest BCUT2D eigenvalue weighted by Gasteiger charge is -2.13. The van der Waals surface area contributed by atoms with E-state index >= 15 is 0 Å². The monoisotopic (exact) mass is 254 g/mol. The lowest BCUT2D eigenvalue weighted by molar-refractivity contribution is 0.543. The van der Waals surface area contributed by atoms with Gasteiger partial charge in [-0.2, -0.15) is 0 Å². The first-order chi connectivity index (χ1) is 8.01. The molecule has 2 N–H and O–H groups in total. The Morgan fingerprint density at radius 1 is 1.59 bits per heavy atom. The van der Waals surface area contributed by atoms with Crippen molar-refractivity contribution in [3.63, 3.8) is 0 Å². The number of rotatable bonds is 5. The molecule has 0 saturated heterocycles. The molecule has 0 radical (unpaired) electrons. The van der Waals surface area contributed by atoms with Gasteiger partial charge in [0.15, 0.2) is 0 Å². The summed E-state index contributed by atoms with van der Waals surface area (Å²) >= 11 is 0. The molecule has 0 aliphatic rings. The van der Waals surface area contributed by atoms with Crippen LogP contribution >= 0.6 is 0 Å². The predicted molar refractivity (Wildman–Crippen MR) is 64.9 cm³/mol. The zero-order chi connectivity index (χ0) is 12.9. The molecular formula is C11H14N2O3S. The van der Waals surface area contributed by atoms with Crippen molar-refractivity contribution >= 4 is 10.0 Å². The third kappa shape index (κ3) is 3.44. The Hall–Kier alpha value is -1.58. The second-order valence-electron chi connectivity index (χ2n) is 3.51. The zero-order valence-electron chi connectivity index (χ0n) is 9.43. The van der Waals surface area contributed by atoms with Gasteiger partial charge in [0.25, 0.3) is 0 Å². The summed E-state index contributed by atoms with van der Waals surface area (Å²) < 4.78 is 26.2. The minimum Gasteiger partial charge on any atom is -0.366 e. The van der Waals surface area contributed by atoms with Crippen LogP contribution in [-0.4, -0.2) is 19.4 Å². The van der Waals surface area contributed by atoms with E-state index in [9.17, 15) is 13.2 Å². The first-order valence-electron chi connectivity index (χ1n) is 5.14. The first-order valence-corrected chi connectivity index (χ1v) is 6.62. The maximum Gasteiger partial charge on any atom is 0.246 e. The predicted octanol–water partition coefficient (Wildman–Crippen LogP) is 0.455. The molecule has 92 valence electrons. The van der Waals surface area contributed by atoms with Gasteiger partial charge in [-0.3, -0.25) is 4.79 Å². The van der Waals surface area contributed by atoms with Gasteiger partial charge in [-0.1, -0.05) is 6.92 Å². The topological polar surface area (TPSA) is 79.0 Å². The van der Waals surface area contributed by atoms with Gasteiger partial charge in [-0.25, -0.2) is 13.1 Å². The van der Waals surface area contributed by atoms with Gasteiger partial charge in [-0.05, 0) is 6.42 Å². The summed E-state index contributed by atoms with van der Waals surface area (Å²) in [5.41, 5.74) is -0.549. The lowest BCUT2D eigenvalue weighted by Crippen LogP contribution is -2.36. The van der Waals surface area contributed by atoms with E-state index in [-0.39, 0.29) is 10.9 Å². The number of aromatic amines is 1. The Morgan fingerprint density at radius 2 is 2.29 bits per heavy atom. The number of terminal acetylenes is 1. The SMILES string of the molecule is C#CCC(CC)NS(=O)(=O)c1c[nH]ccc1=O. The Morgan fingerprint density at radius 3 is 2.82 bits per heavy atom. The van der Waals surface area contributed by atoms with Crippen LogP contribution in [0.2, 0.25) is 0 Å². The maximum atomic E-state index is 11.9. The number of pyridine rings is 1. The van der Waals surface area contributed by atoms with Gasteiger partial charge in [-0.15, -0.1) is 12.3 Å². The zero-order valence-corrected chi connectivity index (χ0v) is 10.3. The Kier molecular flexibility index (Phi) is 4.49. The van der Waals surface area contributed by atoms with Crippen molar-refractivity contribution in [2.45, 2.75) is 30.7 Å². The van der Waals surface area contributed by atoms with Crippen LogP contribution in [0, 0.1) is 12.3 Å². The van der Waals surface area contributed by atoms with E-state index in [1.807, 2.05) is 6.92 Å². The quantitative estimate of drug-likeness (QED) is 0.749. The summed E-state index contributed by atoms with van der Waals surface area (Å²) in [5, 5.41) is 0. The van der Waals surface area contributed by atoms with Crippen LogP contribution in [0.1, 0.15) is 19.8 Å². The third-order valence-electron chi connectivity index (χ3n) is 2.26. The van der Waals surface area contributed by atoms with Gasteiger partial charge in [0.05, 0.1) is 0 Å². The summed E-state index contributed by atoms with van der Waals surface area (Å²) in [6.07, 6.45) is 8.53. The Bertz CT molecular complexity index is 569. The van der Waals surface area contributed by atoms with Crippen LogP contribution in [0.15, 0.2) is 28.2 Å². The van der Waals surface area contributed by atoms with Crippen molar-refractivity contribution in [3.05, 3.63) is 28.7 Å². The van der Waals surface area contributed by atoms with Crippen LogP contribution < -0.4 is 10.2 Å².